The third-order valence-electron chi connectivity index (χ3n) is 2.99. The number of aromatic nitrogens is 2. The molecule has 0 spiro atoms. The second-order valence-electron chi connectivity index (χ2n) is 5.07. The van der Waals surface area contributed by atoms with E-state index < -0.39 is 0 Å². The molecule has 0 saturated heterocycles. The highest BCUT2D eigenvalue weighted by molar-refractivity contribution is 5.81. The van der Waals surface area contributed by atoms with E-state index in [9.17, 15) is 4.79 Å². The molecule has 2 rings (SSSR count). The van der Waals surface area contributed by atoms with E-state index >= 15 is 0 Å². The minimum atomic E-state index is -0.359. The SMILES string of the molecule is C=CC(=O)OCCCCOC.Cc1ccc(-c2noc(C)n2)cc1. The lowest BCUT2D eigenvalue weighted by molar-refractivity contribution is -0.137. The van der Waals surface area contributed by atoms with Crippen molar-refractivity contribution in [2.75, 3.05) is 20.3 Å². The highest BCUT2D eigenvalue weighted by Gasteiger charge is 2.03. The summed E-state index contributed by atoms with van der Waals surface area (Å²) >= 11 is 0. The third kappa shape index (κ3) is 7.69. The number of ether oxygens (including phenoxy) is 2. The van der Waals surface area contributed by atoms with E-state index in [-0.39, 0.29) is 5.97 Å². The Balaban J connectivity index is 0.000000245. The fourth-order valence-corrected chi connectivity index (χ4v) is 1.70. The van der Waals surface area contributed by atoms with Crippen molar-refractivity contribution in [2.45, 2.75) is 26.7 Å². The van der Waals surface area contributed by atoms with Crippen LogP contribution >= 0.6 is 0 Å². The van der Waals surface area contributed by atoms with E-state index in [0.29, 0.717) is 24.9 Å². The number of hydrogen-bond donors (Lipinski definition) is 0. The Kier molecular flexibility index (Phi) is 9.07. The van der Waals surface area contributed by atoms with Crippen molar-refractivity contribution in [1.82, 2.24) is 10.1 Å². The van der Waals surface area contributed by atoms with Crippen molar-refractivity contribution in [3.05, 3.63) is 48.4 Å². The van der Waals surface area contributed by atoms with Gasteiger partial charge in [-0.3, -0.25) is 0 Å². The Labute approximate surface area is 142 Å². The van der Waals surface area contributed by atoms with Crippen molar-refractivity contribution < 1.29 is 18.8 Å². The van der Waals surface area contributed by atoms with Crippen LogP contribution in [0.5, 0.6) is 0 Å². The molecule has 1 aromatic heterocycles. The Morgan fingerprint density at radius 2 is 1.88 bits per heavy atom. The highest BCUT2D eigenvalue weighted by atomic mass is 16.5. The van der Waals surface area contributed by atoms with Crippen LogP contribution in [0, 0.1) is 13.8 Å². The Bertz CT molecular complexity index is 620. The molecule has 0 amide bonds. The average Bonchev–Trinajstić information content (AvgIpc) is 3.02. The van der Waals surface area contributed by atoms with Crippen molar-refractivity contribution in [3.8, 4) is 11.4 Å². The largest absolute Gasteiger partial charge is 0.463 e. The summed E-state index contributed by atoms with van der Waals surface area (Å²) in [6, 6.07) is 8.03. The topological polar surface area (TPSA) is 74.5 Å². The molecule has 0 unspecified atom stereocenters. The van der Waals surface area contributed by atoms with E-state index in [0.717, 1.165) is 24.5 Å². The first-order valence-corrected chi connectivity index (χ1v) is 7.72. The zero-order valence-corrected chi connectivity index (χ0v) is 14.4. The molecule has 1 heterocycles. The van der Waals surface area contributed by atoms with Gasteiger partial charge in [-0.2, -0.15) is 4.98 Å². The van der Waals surface area contributed by atoms with Gasteiger partial charge in [-0.1, -0.05) is 41.6 Å². The maximum Gasteiger partial charge on any atom is 0.330 e. The molecule has 0 saturated carbocycles. The average molecular weight is 332 g/mol. The molecule has 0 aliphatic heterocycles. The van der Waals surface area contributed by atoms with Gasteiger partial charge in [0, 0.05) is 32.3 Å². The van der Waals surface area contributed by atoms with Crippen LogP contribution in [0.4, 0.5) is 0 Å². The summed E-state index contributed by atoms with van der Waals surface area (Å²) in [4.78, 5) is 14.6. The zero-order chi connectivity index (χ0) is 17.8. The number of nitrogens with zero attached hydrogens (tertiary/aromatic N) is 2. The van der Waals surface area contributed by atoms with Gasteiger partial charge < -0.3 is 14.0 Å². The fourth-order valence-electron chi connectivity index (χ4n) is 1.70. The van der Waals surface area contributed by atoms with Crippen molar-refractivity contribution >= 4 is 5.97 Å². The van der Waals surface area contributed by atoms with Gasteiger partial charge in [-0.25, -0.2) is 4.79 Å². The van der Waals surface area contributed by atoms with Crippen LogP contribution in [-0.2, 0) is 14.3 Å². The fraction of sp³-hybridized carbons (Fsp3) is 0.389. The summed E-state index contributed by atoms with van der Waals surface area (Å²) in [6.45, 7) is 8.27. The molecule has 0 fully saturated rings. The summed E-state index contributed by atoms with van der Waals surface area (Å²) in [6.07, 6.45) is 2.92. The van der Waals surface area contributed by atoms with Crippen LogP contribution in [-0.4, -0.2) is 36.4 Å². The van der Waals surface area contributed by atoms with Gasteiger partial charge in [0.2, 0.25) is 11.7 Å². The molecule has 0 N–H and O–H groups in total. The maximum absolute atomic E-state index is 10.5. The number of rotatable bonds is 7. The lowest BCUT2D eigenvalue weighted by Gasteiger charge is -2.00. The minimum Gasteiger partial charge on any atom is -0.463 e. The maximum atomic E-state index is 10.5. The summed E-state index contributed by atoms with van der Waals surface area (Å²) < 4.78 is 14.4. The standard InChI is InChI=1S/C10H10N2O.C8H14O3/c1-7-3-5-9(6-4-7)10-11-8(2)13-12-10;1-3-8(9)11-7-5-4-6-10-2/h3-6H,1-2H3;3H,1,4-7H2,2H3. The zero-order valence-electron chi connectivity index (χ0n) is 14.4. The second-order valence-corrected chi connectivity index (χ2v) is 5.07. The summed E-state index contributed by atoms with van der Waals surface area (Å²) in [5, 5.41) is 3.83. The Hall–Kier alpha value is -2.47. The van der Waals surface area contributed by atoms with Gasteiger partial charge in [0.15, 0.2) is 0 Å². The number of carbonyl (C=O) groups excluding carboxylic acids is 1. The molecule has 6 heteroatoms. The van der Waals surface area contributed by atoms with Gasteiger partial charge in [-0.15, -0.1) is 0 Å². The number of methoxy groups -OCH3 is 1. The normalized spacial score (nSPS) is 9.79. The van der Waals surface area contributed by atoms with Crippen molar-refractivity contribution in [1.29, 1.82) is 0 Å². The lowest BCUT2D eigenvalue weighted by atomic mass is 10.1. The third-order valence-corrected chi connectivity index (χ3v) is 2.99. The number of aryl methyl sites for hydroxylation is 2. The first kappa shape index (κ1) is 19.6. The van der Waals surface area contributed by atoms with Gasteiger partial charge in [-0.05, 0) is 19.8 Å². The molecule has 24 heavy (non-hydrogen) atoms. The first-order valence-electron chi connectivity index (χ1n) is 7.72. The van der Waals surface area contributed by atoms with E-state index in [1.54, 1.807) is 14.0 Å². The quantitative estimate of drug-likeness (QED) is 0.439. The lowest BCUT2D eigenvalue weighted by Crippen LogP contribution is -2.02. The van der Waals surface area contributed by atoms with Gasteiger partial charge in [0.05, 0.1) is 6.61 Å². The molecule has 6 nitrogen and oxygen atoms in total. The molecular weight excluding hydrogens is 308 g/mol. The van der Waals surface area contributed by atoms with Gasteiger partial charge in [0.25, 0.3) is 0 Å². The van der Waals surface area contributed by atoms with E-state index in [2.05, 4.69) is 16.7 Å². The molecule has 0 aliphatic rings. The van der Waals surface area contributed by atoms with Gasteiger partial charge in [0.1, 0.15) is 0 Å². The Morgan fingerprint density at radius 3 is 2.42 bits per heavy atom. The van der Waals surface area contributed by atoms with Crippen LogP contribution in [0.15, 0.2) is 41.4 Å². The number of benzene rings is 1. The smallest absolute Gasteiger partial charge is 0.330 e. The van der Waals surface area contributed by atoms with E-state index in [4.69, 9.17) is 14.0 Å². The summed E-state index contributed by atoms with van der Waals surface area (Å²) in [7, 11) is 1.65. The molecule has 130 valence electrons. The van der Waals surface area contributed by atoms with Gasteiger partial charge >= 0.3 is 5.97 Å². The number of unbranched alkanes of at least 4 members (excludes halogenated alkanes) is 1. The number of carbonyl (C=O) groups is 1. The van der Waals surface area contributed by atoms with E-state index in [1.807, 2.05) is 31.2 Å². The molecule has 0 atom stereocenters. The second kappa shape index (κ2) is 11.1. The van der Waals surface area contributed by atoms with Crippen LogP contribution < -0.4 is 0 Å². The number of esters is 1. The molecular formula is C18H24N2O4. The number of hydrogen-bond acceptors (Lipinski definition) is 6. The van der Waals surface area contributed by atoms with Crippen molar-refractivity contribution in [3.63, 3.8) is 0 Å². The van der Waals surface area contributed by atoms with Crippen molar-refractivity contribution in [2.24, 2.45) is 0 Å². The minimum absolute atomic E-state index is 0.359. The first-order chi connectivity index (χ1) is 11.6. The molecule has 0 aliphatic carbocycles. The summed E-state index contributed by atoms with van der Waals surface area (Å²) in [5.41, 5.74) is 2.21. The molecule has 2 aromatic rings. The van der Waals surface area contributed by atoms with Crippen LogP contribution in [0.1, 0.15) is 24.3 Å². The molecule has 0 radical (unpaired) electrons. The highest BCUT2D eigenvalue weighted by Crippen LogP contribution is 2.15. The molecule has 0 bridgehead atoms. The predicted molar refractivity (Wildman–Crippen MR) is 91.5 cm³/mol. The summed E-state index contributed by atoms with van der Waals surface area (Å²) in [5.74, 6) is 0.885. The predicted octanol–water partition coefficient (Wildman–Crippen LogP) is 3.50. The van der Waals surface area contributed by atoms with Crippen LogP contribution in [0.25, 0.3) is 11.4 Å². The van der Waals surface area contributed by atoms with E-state index in [1.165, 1.54) is 5.56 Å². The monoisotopic (exact) mass is 332 g/mol. The van der Waals surface area contributed by atoms with Crippen LogP contribution in [0.2, 0.25) is 0 Å². The van der Waals surface area contributed by atoms with Crippen LogP contribution in [0.3, 0.4) is 0 Å². The Morgan fingerprint density at radius 1 is 1.21 bits per heavy atom. The molecule has 1 aromatic carbocycles.